The van der Waals surface area contributed by atoms with Crippen LogP contribution in [0.2, 0.25) is 0 Å². The quantitative estimate of drug-likeness (QED) is 0.593. The Bertz CT molecular complexity index is 173. The van der Waals surface area contributed by atoms with Gasteiger partial charge in [-0.25, -0.2) is 0 Å². The maximum absolute atomic E-state index is 11.4. The van der Waals surface area contributed by atoms with Crippen molar-refractivity contribution in [1.29, 1.82) is 0 Å². The summed E-state index contributed by atoms with van der Waals surface area (Å²) in [6.07, 6.45) is -0.335. The number of carbonyl (C=O) groups excluding carboxylic acids is 1. The van der Waals surface area contributed by atoms with Crippen molar-refractivity contribution in [3.63, 3.8) is 0 Å². The predicted octanol–water partition coefficient (Wildman–Crippen LogP) is -0.811. The van der Waals surface area contributed by atoms with E-state index in [0.717, 1.165) is 0 Å². The average Bonchev–Trinajstić information content (AvgIpc) is 2.02. The Labute approximate surface area is 84.8 Å². The highest BCUT2D eigenvalue weighted by Crippen LogP contribution is 1.96. The lowest BCUT2D eigenvalue weighted by molar-refractivity contribution is -0.131. The van der Waals surface area contributed by atoms with E-state index in [-0.39, 0.29) is 25.1 Å². The van der Waals surface area contributed by atoms with E-state index in [9.17, 15) is 9.90 Å². The molecule has 0 aliphatic rings. The number of aliphatic hydroxyl groups excluding tert-OH is 1. The van der Waals surface area contributed by atoms with Crippen LogP contribution in [0.3, 0.4) is 0 Å². The molecule has 1 amide bonds. The van der Waals surface area contributed by atoms with E-state index in [1.165, 1.54) is 12.0 Å². The van der Waals surface area contributed by atoms with Gasteiger partial charge in [0.15, 0.2) is 0 Å². The summed E-state index contributed by atoms with van der Waals surface area (Å²) in [7, 11) is 3.15. The molecule has 0 aromatic heterocycles. The number of carbonyl (C=O) groups is 1. The lowest BCUT2D eigenvalue weighted by atomic mass is 10.2. The number of amides is 1. The molecule has 0 saturated carbocycles. The van der Waals surface area contributed by atoms with Gasteiger partial charge in [-0.3, -0.25) is 4.79 Å². The van der Waals surface area contributed by atoms with Crippen LogP contribution >= 0.6 is 0 Å². The topological polar surface area (TPSA) is 75.8 Å². The van der Waals surface area contributed by atoms with Crippen LogP contribution in [0.15, 0.2) is 0 Å². The molecule has 0 radical (unpaired) electrons. The van der Waals surface area contributed by atoms with Crippen molar-refractivity contribution in [2.45, 2.75) is 25.5 Å². The van der Waals surface area contributed by atoms with Crippen LogP contribution in [0.1, 0.15) is 13.3 Å². The van der Waals surface area contributed by atoms with Crippen molar-refractivity contribution in [2.24, 2.45) is 5.73 Å². The van der Waals surface area contributed by atoms with Gasteiger partial charge < -0.3 is 20.5 Å². The van der Waals surface area contributed by atoms with Crippen LogP contribution in [0, 0.1) is 0 Å². The minimum absolute atomic E-state index is 0.0600. The summed E-state index contributed by atoms with van der Waals surface area (Å²) in [6, 6.07) is -0.149. The molecule has 0 aromatic carbocycles. The van der Waals surface area contributed by atoms with Crippen molar-refractivity contribution in [2.75, 3.05) is 27.3 Å². The van der Waals surface area contributed by atoms with Crippen LogP contribution in [0.5, 0.6) is 0 Å². The number of hydrogen-bond acceptors (Lipinski definition) is 4. The fraction of sp³-hybridized carbons (Fsp3) is 0.889. The standard InChI is InChI=1S/C9H20N2O3/c1-7(10)4-9(13)11(2)5-8(12)6-14-3/h7-8,12H,4-6,10H2,1-3H3. The maximum Gasteiger partial charge on any atom is 0.223 e. The zero-order valence-electron chi connectivity index (χ0n) is 9.06. The zero-order valence-corrected chi connectivity index (χ0v) is 9.06. The van der Waals surface area contributed by atoms with Gasteiger partial charge in [0.05, 0.1) is 12.7 Å². The normalized spacial score (nSPS) is 14.9. The van der Waals surface area contributed by atoms with Gasteiger partial charge in [-0.05, 0) is 6.92 Å². The first-order valence-electron chi connectivity index (χ1n) is 4.64. The van der Waals surface area contributed by atoms with Gasteiger partial charge in [0.25, 0.3) is 0 Å². The Kier molecular flexibility index (Phi) is 6.44. The number of methoxy groups -OCH3 is 1. The molecule has 3 N–H and O–H groups in total. The minimum Gasteiger partial charge on any atom is -0.389 e. The van der Waals surface area contributed by atoms with Gasteiger partial charge in [-0.2, -0.15) is 0 Å². The van der Waals surface area contributed by atoms with Gasteiger partial charge in [0.2, 0.25) is 5.91 Å². The number of nitrogens with zero attached hydrogens (tertiary/aromatic N) is 1. The first-order valence-corrected chi connectivity index (χ1v) is 4.64. The zero-order chi connectivity index (χ0) is 11.1. The van der Waals surface area contributed by atoms with Gasteiger partial charge in [0.1, 0.15) is 0 Å². The molecule has 0 saturated heterocycles. The first-order chi connectivity index (χ1) is 6.47. The SMILES string of the molecule is COCC(O)CN(C)C(=O)CC(C)N. The molecule has 0 heterocycles. The fourth-order valence-corrected chi connectivity index (χ4v) is 1.09. The van der Waals surface area contributed by atoms with Crippen molar-refractivity contribution in [3.8, 4) is 0 Å². The van der Waals surface area contributed by atoms with Gasteiger partial charge >= 0.3 is 0 Å². The third kappa shape index (κ3) is 5.90. The smallest absolute Gasteiger partial charge is 0.223 e. The van der Waals surface area contributed by atoms with E-state index in [1.54, 1.807) is 14.0 Å². The Morgan fingerprint density at radius 3 is 2.64 bits per heavy atom. The number of ether oxygens (including phenoxy) is 1. The summed E-state index contributed by atoms with van der Waals surface area (Å²) in [4.78, 5) is 12.9. The second-order valence-electron chi connectivity index (χ2n) is 3.56. The van der Waals surface area contributed by atoms with Crippen molar-refractivity contribution in [1.82, 2.24) is 4.90 Å². The molecule has 14 heavy (non-hydrogen) atoms. The number of hydrogen-bond donors (Lipinski definition) is 2. The van der Waals surface area contributed by atoms with E-state index in [2.05, 4.69) is 0 Å². The minimum atomic E-state index is -0.637. The average molecular weight is 204 g/mol. The maximum atomic E-state index is 11.4. The van der Waals surface area contributed by atoms with Crippen LogP contribution in [-0.4, -0.2) is 55.4 Å². The van der Waals surface area contributed by atoms with Crippen LogP contribution in [0.4, 0.5) is 0 Å². The predicted molar refractivity (Wildman–Crippen MR) is 53.8 cm³/mol. The summed E-state index contributed by atoms with van der Waals surface area (Å²) in [5, 5.41) is 9.35. The number of rotatable bonds is 6. The third-order valence-corrected chi connectivity index (χ3v) is 1.77. The summed E-state index contributed by atoms with van der Waals surface area (Å²) >= 11 is 0. The molecular weight excluding hydrogens is 184 g/mol. The van der Waals surface area contributed by atoms with E-state index in [0.29, 0.717) is 6.42 Å². The molecule has 2 unspecified atom stereocenters. The van der Waals surface area contributed by atoms with Crippen LogP contribution in [-0.2, 0) is 9.53 Å². The molecule has 5 nitrogen and oxygen atoms in total. The van der Waals surface area contributed by atoms with E-state index in [4.69, 9.17) is 10.5 Å². The molecule has 0 spiro atoms. The highest BCUT2D eigenvalue weighted by molar-refractivity contribution is 5.76. The second-order valence-corrected chi connectivity index (χ2v) is 3.56. The number of nitrogens with two attached hydrogens (primary N) is 1. The van der Waals surface area contributed by atoms with Gasteiger partial charge in [-0.15, -0.1) is 0 Å². The monoisotopic (exact) mass is 204 g/mol. The largest absolute Gasteiger partial charge is 0.389 e. The van der Waals surface area contributed by atoms with E-state index >= 15 is 0 Å². The highest BCUT2D eigenvalue weighted by atomic mass is 16.5. The summed E-state index contributed by atoms with van der Waals surface area (Å²) in [5.41, 5.74) is 5.49. The summed E-state index contributed by atoms with van der Waals surface area (Å²) in [6.45, 7) is 2.28. The number of likely N-dealkylation sites (N-methyl/N-ethyl adjacent to an activating group) is 1. The molecule has 0 aromatic rings. The van der Waals surface area contributed by atoms with Crippen molar-refractivity contribution < 1.29 is 14.6 Å². The second kappa shape index (κ2) is 6.75. The molecule has 0 fully saturated rings. The Balaban J connectivity index is 3.82. The number of aliphatic hydroxyl groups is 1. The molecular formula is C9H20N2O3. The first kappa shape index (κ1) is 13.4. The lowest BCUT2D eigenvalue weighted by Crippen LogP contribution is -2.38. The Morgan fingerprint density at radius 1 is 1.64 bits per heavy atom. The van der Waals surface area contributed by atoms with Crippen molar-refractivity contribution in [3.05, 3.63) is 0 Å². The molecule has 0 aliphatic carbocycles. The molecule has 2 atom stereocenters. The van der Waals surface area contributed by atoms with Gasteiger partial charge in [0, 0.05) is 33.2 Å². The van der Waals surface area contributed by atoms with Gasteiger partial charge in [-0.1, -0.05) is 0 Å². The fourth-order valence-electron chi connectivity index (χ4n) is 1.09. The Hall–Kier alpha value is -0.650. The molecule has 84 valence electrons. The van der Waals surface area contributed by atoms with Crippen LogP contribution < -0.4 is 5.73 Å². The molecule has 5 heteroatoms. The van der Waals surface area contributed by atoms with E-state index < -0.39 is 6.10 Å². The third-order valence-electron chi connectivity index (χ3n) is 1.77. The lowest BCUT2D eigenvalue weighted by Gasteiger charge is -2.21. The van der Waals surface area contributed by atoms with Crippen molar-refractivity contribution >= 4 is 5.91 Å². The molecule has 0 aliphatic heterocycles. The molecule has 0 rings (SSSR count). The Morgan fingerprint density at radius 2 is 2.21 bits per heavy atom. The summed E-state index contributed by atoms with van der Waals surface area (Å²) < 4.78 is 4.75. The van der Waals surface area contributed by atoms with Crippen LogP contribution in [0.25, 0.3) is 0 Å². The highest BCUT2D eigenvalue weighted by Gasteiger charge is 2.14. The van der Waals surface area contributed by atoms with E-state index in [1.807, 2.05) is 0 Å². The summed E-state index contributed by atoms with van der Waals surface area (Å²) in [5.74, 6) is -0.0600. The molecule has 0 bridgehead atoms.